The number of hydrogen-bond donors (Lipinski definition) is 2. The van der Waals surface area contributed by atoms with Crippen LogP contribution in [0.5, 0.6) is 0 Å². The van der Waals surface area contributed by atoms with Crippen LogP contribution in [-0.2, 0) is 17.9 Å². The van der Waals surface area contributed by atoms with E-state index in [9.17, 15) is 9.59 Å². The molecule has 1 aromatic heterocycles. The van der Waals surface area contributed by atoms with Gasteiger partial charge in [0.05, 0.1) is 12.8 Å². The standard InChI is InChI=1S/C18H23N3O3/c19-18(23)20-11-5-4-10-17(22)21(14-16-9-6-12-24-16)13-15-7-2-1-3-8-15/h1-3,6-9,12H,4-5,10-11,13-14H2,(H3,19,20,23). The van der Waals surface area contributed by atoms with Crippen LogP contribution in [0.3, 0.4) is 0 Å². The summed E-state index contributed by atoms with van der Waals surface area (Å²) in [6.45, 7) is 1.47. The van der Waals surface area contributed by atoms with Crippen molar-refractivity contribution in [2.45, 2.75) is 32.4 Å². The predicted octanol–water partition coefficient (Wildman–Crippen LogP) is 2.65. The van der Waals surface area contributed by atoms with Crippen molar-refractivity contribution in [3.63, 3.8) is 0 Å². The first-order chi connectivity index (χ1) is 11.6. The molecule has 6 nitrogen and oxygen atoms in total. The minimum absolute atomic E-state index is 0.0642. The van der Waals surface area contributed by atoms with E-state index in [4.69, 9.17) is 10.2 Å². The van der Waals surface area contributed by atoms with Gasteiger partial charge in [-0.1, -0.05) is 30.3 Å². The summed E-state index contributed by atoms with van der Waals surface area (Å²) >= 11 is 0. The van der Waals surface area contributed by atoms with E-state index in [1.807, 2.05) is 42.5 Å². The van der Waals surface area contributed by atoms with Gasteiger partial charge in [0, 0.05) is 19.5 Å². The molecule has 2 rings (SSSR count). The lowest BCUT2D eigenvalue weighted by Crippen LogP contribution is -2.31. The zero-order valence-electron chi connectivity index (χ0n) is 13.6. The van der Waals surface area contributed by atoms with Crippen molar-refractivity contribution < 1.29 is 14.0 Å². The Bertz CT molecular complexity index is 626. The Hall–Kier alpha value is -2.76. The Balaban J connectivity index is 1.89. The largest absolute Gasteiger partial charge is 0.467 e. The molecule has 3 N–H and O–H groups in total. The van der Waals surface area contributed by atoms with Crippen LogP contribution < -0.4 is 11.1 Å². The Labute approximate surface area is 141 Å². The monoisotopic (exact) mass is 329 g/mol. The van der Waals surface area contributed by atoms with Gasteiger partial charge in [-0.05, 0) is 30.5 Å². The second-order valence-electron chi connectivity index (χ2n) is 5.56. The van der Waals surface area contributed by atoms with Gasteiger partial charge in [-0.3, -0.25) is 4.79 Å². The van der Waals surface area contributed by atoms with E-state index in [-0.39, 0.29) is 5.91 Å². The number of hydrogen-bond acceptors (Lipinski definition) is 3. The van der Waals surface area contributed by atoms with Gasteiger partial charge in [0.1, 0.15) is 5.76 Å². The molecule has 0 bridgehead atoms. The molecular formula is C18H23N3O3. The summed E-state index contributed by atoms with van der Waals surface area (Å²) in [5.41, 5.74) is 6.09. The van der Waals surface area contributed by atoms with Crippen LogP contribution in [0, 0.1) is 0 Å². The molecule has 0 atom stereocenters. The molecule has 1 heterocycles. The van der Waals surface area contributed by atoms with Crippen LogP contribution in [0.25, 0.3) is 0 Å². The molecule has 6 heteroatoms. The molecule has 1 aromatic carbocycles. The van der Waals surface area contributed by atoms with E-state index < -0.39 is 6.03 Å². The van der Waals surface area contributed by atoms with Crippen LogP contribution in [0.2, 0.25) is 0 Å². The zero-order chi connectivity index (χ0) is 17.2. The summed E-state index contributed by atoms with van der Waals surface area (Å²) in [5.74, 6) is 0.823. The SMILES string of the molecule is NC(=O)NCCCCC(=O)N(Cc1ccccc1)Cc1ccco1. The number of amides is 3. The number of primary amides is 1. The predicted molar refractivity (Wildman–Crippen MR) is 90.8 cm³/mol. The van der Waals surface area contributed by atoms with Crippen molar-refractivity contribution in [2.75, 3.05) is 6.54 Å². The van der Waals surface area contributed by atoms with Crippen molar-refractivity contribution in [3.8, 4) is 0 Å². The molecule has 128 valence electrons. The third-order valence-corrected chi connectivity index (χ3v) is 3.61. The topological polar surface area (TPSA) is 88.6 Å². The van der Waals surface area contributed by atoms with E-state index in [0.717, 1.165) is 11.3 Å². The minimum Gasteiger partial charge on any atom is -0.467 e. The highest BCUT2D eigenvalue weighted by atomic mass is 16.3. The number of unbranched alkanes of at least 4 members (excludes halogenated alkanes) is 1. The van der Waals surface area contributed by atoms with Crippen molar-refractivity contribution in [1.29, 1.82) is 0 Å². The van der Waals surface area contributed by atoms with Crippen molar-refractivity contribution in [2.24, 2.45) is 5.73 Å². The number of urea groups is 1. The first-order valence-corrected chi connectivity index (χ1v) is 8.02. The third kappa shape index (κ3) is 6.16. The first kappa shape index (κ1) is 17.6. The Morgan fingerprint density at radius 1 is 1.04 bits per heavy atom. The highest BCUT2D eigenvalue weighted by molar-refractivity contribution is 5.76. The van der Waals surface area contributed by atoms with Crippen LogP contribution in [0.15, 0.2) is 53.1 Å². The second kappa shape index (κ2) is 9.39. The molecule has 0 aliphatic rings. The van der Waals surface area contributed by atoms with Gasteiger partial charge >= 0.3 is 6.03 Å². The molecule has 0 aliphatic heterocycles. The van der Waals surface area contributed by atoms with E-state index in [1.54, 1.807) is 11.2 Å². The summed E-state index contributed by atoms with van der Waals surface area (Å²) in [7, 11) is 0. The van der Waals surface area contributed by atoms with Crippen LogP contribution >= 0.6 is 0 Å². The number of nitrogens with one attached hydrogen (secondary N) is 1. The summed E-state index contributed by atoms with van der Waals surface area (Å²) in [6.07, 6.45) is 3.45. The average Bonchev–Trinajstić information content (AvgIpc) is 3.07. The van der Waals surface area contributed by atoms with Gasteiger partial charge in [0.25, 0.3) is 0 Å². The number of furan rings is 1. The van der Waals surface area contributed by atoms with Crippen molar-refractivity contribution in [1.82, 2.24) is 10.2 Å². The maximum absolute atomic E-state index is 12.5. The van der Waals surface area contributed by atoms with Crippen molar-refractivity contribution >= 4 is 11.9 Å². The number of nitrogens with two attached hydrogens (primary N) is 1. The zero-order valence-corrected chi connectivity index (χ0v) is 13.6. The fourth-order valence-electron chi connectivity index (χ4n) is 2.40. The first-order valence-electron chi connectivity index (χ1n) is 8.02. The summed E-state index contributed by atoms with van der Waals surface area (Å²) < 4.78 is 5.37. The fraction of sp³-hybridized carbons (Fsp3) is 0.333. The molecular weight excluding hydrogens is 306 g/mol. The lowest BCUT2D eigenvalue weighted by atomic mass is 10.1. The molecule has 0 unspecified atom stereocenters. The maximum atomic E-state index is 12.5. The highest BCUT2D eigenvalue weighted by Gasteiger charge is 2.15. The molecule has 24 heavy (non-hydrogen) atoms. The number of rotatable bonds is 9. The van der Waals surface area contributed by atoms with Gasteiger partial charge in [-0.25, -0.2) is 4.79 Å². The van der Waals surface area contributed by atoms with Crippen LogP contribution in [-0.4, -0.2) is 23.4 Å². The normalized spacial score (nSPS) is 10.3. The fourth-order valence-corrected chi connectivity index (χ4v) is 2.40. The average molecular weight is 329 g/mol. The molecule has 0 spiro atoms. The van der Waals surface area contributed by atoms with Gasteiger partial charge in [-0.15, -0.1) is 0 Å². The quantitative estimate of drug-likeness (QED) is 0.693. The Kier molecular flexibility index (Phi) is 6.89. The molecule has 0 saturated carbocycles. The van der Waals surface area contributed by atoms with E-state index in [1.165, 1.54) is 0 Å². The number of nitrogens with zero attached hydrogens (tertiary/aromatic N) is 1. The minimum atomic E-state index is -0.537. The van der Waals surface area contributed by atoms with Gasteiger partial charge in [0.2, 0.25) is 5.91 Å². The lowest BCUT2D eigenvalue weighted by Gasteiger charge is -2.22. The summed E-state index contributed by atoms with van der Waals surface area (Å²) in [5, 5.41) is 2.52. The van der Waals surface area contributed by atoms with E-state index in [2.05, 4.69) is 5.32 Å². The maximum Gasteiger partial charge on any atom is 0.312 e. The molecule has 3 amide bonds. The van der Waals surface area contributed by atoms with E-state index >= 15 is 0 Å². The Morgan fingerprint density at radius 2 is 1.83 bits per heavy atom. The highest BCUT2D eigenvalue weighted by Crippen LogP contribution is 2.13. The Morgan fingerprint density at radius 3 is 2.50 bits per heavy atom. The molecule has 0 saturated heterocycles. The lowest BCUT2D eigenvalue weighted by molar-refractivity contribution is -0.132. The number of carbonyl (C=O) groups is 2. The smallest absolute Gasteiger partial charge is 0.312 e. The van der Waals surface area contributed by atoms with Gasteiger partial charge in [0.15, 0.2) is 0 Å². The van der Waals surface area contributed by atoms with Crippen LogP contribution in [0.1, 0.15) is 30.6 Å². The van der Waals surface area contributed by atoms with Crippen LogP contribution in [0.4, 0.5) is 4.79 Å². The third-order valence-electron chi connectivity index (χ3n) is 3.61. The van der Waals surface area contributed by atoms with Gasteiger partial charge < -0.3 is 20.4 Å². The van der Waals surface area contributed by atoms with E-state index in [0.29, 0.717) is 38.9 Å². The molecule has 2 aromatic rings. The second-order valence-corrected chi connectivity index (χ2v) is 5.56. The number of carbonyl (C=O) groups excluding carboxylic acids is 2. The summed E-state index contributed by atoms with van der Waals surface area (Å²) in [6, 6.07) is 13.0. The molecule has 0 radical (unpaired) electrons. The number of benzene rings is 1. The summed E-state index contributed by atoms with van der Waals surface area (Å²) in [4.78, 5) is 24.9. The van der Waals surface area contributed by atoms with Gasteiger partial charge in [-0.2, -0.15) is 0 Å². The molecule has 0 aliphatic carbocycles. The van der Waals surface area contributed by atoms with Crippen molar-refractivity contribution in [3.05, 3.63) is 60.1 Å². The molecule has 0 fully saturated rings.